The van der Waals surface area contributed by atoms with Crippen molar-refractivity contribution < 1.29 is 4.79 Å². The van der Waals surface area contributed by atoms with Gasteiger partial charge in [-0.2, -0.15) is 0 Å². The average Bonchev–Trinajstić information content (AvgIpc) is 2.60. The van der Waals surface area contributed by atoms with Crippen molar-refractivity contribution in [3.63, 3.8) is 0 Å². The standard InChI is InChI=1S/C18H22N4OS/c1-14-7-9-16(10-8-14)20-13-17(23)21-22-18(24)19-12-11-15-5-3-2-4-6-15/h2-10,20H,11-13H2,1H3,(H,21,23)(H2,19,22,24). The number of anilines is 1. The number of thiocarbonyl (C=S) groups is 1. The van der Waals surface area contributed by atoms with Crippen molar-refractivity contribution in [1.82, 2.24) is 16.2 Å². The number of amides is 1. The highest BCUT2D eigenvalue weighted by Gasteiger charge is 2.02. The van der Waals surface area contributed by atoms with Gasteiger partial charge in [-0.1, -0.05) is 48.0 Å². The quantitative estimate of drug-likeness (QED) is 0.479. The minimum absolute atomic E-state index is 0.169. The summed E-state index contributed by atoms with van der Waals surface area (Å²) in [6.07, 6.45) is 0.867. The molecule has 0 heterocycles. The van der Waals surface area contributed by atoms with Crippen LogP contribution in [0.5, 0.6) is 0 Å². The topological polar surface area (TPSA) is 65.2 Å². The normalized spacial score (nSPS) is 9.88. The number of aryl methyl sites for hydroxylation is 1. The van der Waals surface area contributed by atoms with E-state index < -0.39 is 0 Å². The highest BCUT2D eigenvalue weighted by Crippen LogP contribution is 2.07. The summed E-state index contributed by atoms with van der Waals surface area (Å²) >= 11 is 5.12. The Morgan fingerprint density at radius 2 is 1.71 bits per heavy atom. The summed E-state index contributed by atoms with van der Waals surface area (Å²) in [6.45, 7) is 2.89. The zero-order chi connectivity index (χ0) is 17.2. The van der Waals surface area contributed by atoms with E-state index in [1.807, 2.05) is 49.4 Å². The van der Waals surface area contributed by atoms with E-state index in [-0.39, 0.29) is 12.5 Å². The fourth-order valence-corrected chi connectivity index (χ4v) is 2.19. The lowest BCUT2D eigenvalue weighted by molar-refractivity contribution is -0.119. The van der Waals surface area contributed by atoms with Crippen LogP contribution in [-0.2, 0) is 11.2 Å². The van der Waals surface area contributed by atoms with Crippen LogP contribution in [0.3, 0.4) is 0 Å². The molecule has 0 bridgehead atoms. The van der Waals surface area contributed by atoms with E-state index in [1.165, 1.54) is 11.1 Å². The number of carbonyl (C=O) groups excluding carboxylic acids is 1. The summed E-state index contributed by atoms with van der Waals surface area (Å²) in [5.74, 6) is -0.192. The monoisotopic (exact) mass is 342 g/mol. The summed E-state index contributed by atoms with van der Waals surface area (Å²) in [6, 6.07) is 18.0. The number of hydrazine groups is 1. The molecule has 2 aromatic carbocycles. The molecular weight excluding hydrogens is 320 g/mol. The summed E-state index contributed by atoms with van der Waals surface area (Å²) in [7, 11) is 0. The molecule has 6 heteroatoms. The van der Waals surface area contributed by atoms with E-state index in [0.29, 0.717) is 11.7 Å². The number of benzene rings is 2. The molecule has 1 amide bonds. The van der Waals surface area contributed by atoms with Gasteiger partial charge >= 0.3 is 0 Å². The van der Waals surface area contributed by atoms with Crippen LogP contribution in [0, 0.1) is 6.92 Å². The van der Waals surface area contributed by atoms with Gasteiger partial charge in [-0.15, -0.1) is 0 Å². The van der Waals surface area contributed by atoms with Gasteiger partial charge in [-0.3, -0.25) is 15.6 Å². The highest BCUT2D eigenvalue weighted by molar-refractivity contribution is 7.80. The van der Waals surface area contributed by atoms with E-state index in [9.17, 15) is 4.79 Å². The van der Waals surface area contributed by atoms with Crippen LogP contribution in [0.15, 0.2) is 54.6 Å². The summed E-state index contributed by atoms with van der Waals surface area (Å²) in [5, 5.41) is 6.49. The average molecular weight is 342 g/mol. The van der Waals surface area contributed by atoms with Gasteiger partial charge in [0.2, 0.25) is 0 Å². The second-order valence-corrected chi connectivity index (χ2v) is 5.79. The molecule has 0 fully saturated rings. The third-order valence-electron chi connectivity index (χ3n) is 3.36. The van der Waals surface area contributed by atoms with E-state index in [2.05, 4.69) is 33.6 Å². The van der Waals surface area contributed by atoms with Crippen molar-refractivity contribution in [2.24, 2.45) is 0 Å². The van der Waals surface area contributed by atoms with Crippen molar-refractivity contribution in [3.05, 3.63) is 65.7 Å². The Bertz CT molecular complexity index is 658. The molecule has 24 heavy (non-hydrogen) atoms. The fraction of sp³-hybridized carbons (Fsp3) is 0.222. The van der Waals surface area contributed by atoms with Gasteiger partial charge in [0.1, 0.15) is 0 Å². The molecule has 126 valence electrons. The van der Waals surface area contributed by atoms with Crippen LogP contribution >= 0.6 is 12.2 Å². The minimum Gasteiger partial charge on any atom is -0.376 e. The molecule has 5 nitrogen and oxygen atoms in total. The van der Waals surface area contributed by atoms with Crippen molar-refractivity contribution in [2.45, 2.75) is 13.3 Å². The predicted molar refractivity (Wildman–Crippen MR) is 102 cm³/mol. The molecule has 0 aliphatic rings. The zero-order valence-electron chi connectivity index (χ0n) is 13.6. The van der Waals surface area contributed by atoms with Gasteiger partial charge < -0.3 is 10.6 Å². The molecule has 0 saturated heterocycles. The highest BCUT2D eigenvalue weighted by atomic mass is 32.1. The molecule has 0 aromatic heterocycles. The maximum absolute atomic E-state index is 11.8. The summed E-state index contributed by atoms with van der Waals surface area (Å²) in [5.41, 5.74) is 8.57. The molecule has 0 radical (unpaired) electrons. The van der Waals surface area contributed by atoms with Crippen LogP contribution in [0.1, 0.15) is 11.1 Å². The molecule has 0 saturated carbocycles. The van der Waals surface area contributed by atoms with Crippen molar-refractivity contribution >= 4 is 28.9 Å². The maximum Gasteiger partial charge on any atom is 0.257 e. The Balaban J connectivity index is 1.59. The first-order valence-corrected chi connectivity index (χ1v) is 8.21. The largest absolute Gasteiger partial charge is 0.376 e. The summed E-state index contributed by atoms with van der Waals surface area (Å²) in [4.78, 5) is 11.8. The molecule has 0 aliphatic carbocycles. The number of carbonyl (C=O) groups is 1. The van der Waals surface area contributed by atoms with E-state index >= 15 is 0 Å². The van der Waals surface area contributed by atoms with E-state index in [1.54, 1.807) is 0 Å². The van der Waals surface area contributed by atoms with Crippen LogP contribution in [0.25, 0.3) is 0 Å². The first-order chi connectivity index (χ1) is 11.6. The van der Waals surface area contributed by atoms with Gasteiger partial charge in [0.15, 0.2) is 5.11 Å². The molecule has 0 aliphatic heterocycles. The van der Waals surface area contributed by atoms with Gasteiger partial charge in [-0.25, -0.2) is 0 Å². The van der Waals surface area contributed by atoms with Crippen molar-refractivity contribution in [2.75, 3.05) is 18.4 Å². The number of hydrogen-bond donors (Lipinski definition) is 4. The van der Waals surface area contributed by atoms with E-state index in [0.717, 1.165) is 12.1 Å². The van der Waals surface area contributed by atoms with Gasteiger partial charge in [-0.05, 0) is 43.3 Å². The minimum atomic E-state index is -0.192. The van der Waals surface area contributed by atoms with E-state index in [4.69, 9.17) is 12.2 Å². The van der Waals surface area contributed by atoms with Gasteiger partial charge in [0.05, 0.1) is 6.54 Å². The second kappa shape index (κ2) is 9.52. The van der Waals surface area contributed by atoms with Gasteiger partial charge in [0, 0.05) is 12.2 Å². The van der Waals surface area contributed by atoms with Gasteiger partial charge in [0.25, 0.3) is 5.91 Å². The molecule has 2 rings (SSSR count). The zero-order valence-corrected chi connectivity index (χ0v) is 14.5. The predicted octanol–water partition coefficient (Wildman–Crippen LogP) is 2.14. The third-order valence-corrected chi connectivity index (χ3v) is 3.61. The number of hydrogen-bond acceptors (Lipinski definition) is 3. The Hall–Kier alpha value is -2.60. The molecular formula is C18H22N4OS. The Morgan fingerprint density at radius 3 is 2.42 bits per heavy atom. The fourth-order valence-electron chi connectivity index (χ4n) is 2.03. The molecule has 2 aromatic rings. The number of rotatable bonds is 6. The maximum atomic E-state index is 11.8. The lowest BCUT2D eigenvalue weighted by Gasteiger charge is -2.12. The van der Waals surface area contributed by atoms with Crippen LogP contribution in [-0.4, -0.2) is 24.1 Å². The molecule has 0 atom stereocenters. The third kappa shape index (κ3) is 6.66. The second-order valence-electron chi connectivity index (χ2n) is 5.38. The molecule has 0 unspecified atom stereocenters. The smallest absolute Gasteiger partial charge is 0.257 e. The Morgan fingerprint density at radius 1 is 1.00 bits per heavy atom. The molecule has 0 spiro atoms. The SMILES string of the molecule is Cc1ccc(NCC(=O)NNC(=S)NCCc2ccccc2)cc1. The first-order valence-electron chi connectivity index (χ1n) is 7.80. The Labute approximate surface area is 147 Å². The van der Waals surface area contributed by atoms with Crippen LogP contribution in [0.2, 0.25) is 0 Å². The van der Waals surface area contributed by atoms with Crippen molar-refractivity contribution in [3.8, 4) is 0 Å². The number of nitrogens with one attached hydrogen (secondary N) is 4. The summed E-state index contributed by atoms with van der Waals surface area (Å²) < 4.78 is 0. The molecule has 4 N–H and O–H groups in total. The lowest BCUT2D eigenvalue weighted by Crippen LogP contribution is -2.48. The van der Waals surface area contributed by atoms with Crippen LogP contribution < -0.4 is 21.5 Å². The Kier molecular flexibility index (Phi) is 7.04. The lowest BCUT2D eigenvalue weighted by atomic mass is 10.1. The van der Waals surface area contributed by atoms with Crippen molar-refractivity contribution in [1.29, 1.82) is 0 Å². The first kappa shape index (κ1) is 17.7. The van der Waals surface area contributed by atoms with Crippen LogP contribution in [0.4, 0.5) is 5.69 Å².